The highest BCUT2D eigenvalue weighted by molar-refractivity contribution is 5.55. The number of hydrogen-bond donors (Lipinski definition) is 3. The van der Waals surface area contributed by atoms with Crippen LogP contribution >= 0.6 is 0 Å². The third-order valence-electron chi connectivity index (χ3n) is 1.94. The van der Waals surface area contributed by atoms with Crippen molar-refractivity contribution in [2.75, 3.05) is 18.5 Å². The van der Waals surface area contributed by atoms with Crippen molar-refractivity contribution >= 4 is 5.69 Å². The molecule has 80 valence electrons. The average molecular weight is 207 g/mol. The van der Waals surface area contributed by atoms with E-state index in [2.05, 4.69) is 10.3 Å². The van der Waals surface area contributed by atoms with Gasteiger partial charge in [-0.3, -0.25) is 4.98 Å². The number of anilines is 1. The van der Waals surface area contributed by atoms with Gasteiger partial charge in [-0.1, -0.05) is 0 Å². The van der Waals surface area contributed by atoms with Gasteiger partial charge >= 0.3 is 0 Å². The van der Waals surface area contributed by atoms with E-state index in [1.165, 1.54) is 19.3 Å². The Morgan fingerprint density at radius 3 is 3.00 bits per heavy atom. The fourth-order valence-corrected chi connectivity index (χ4v) is 0.974. The molecule has 1 heterocycles. The molecule has 3 N–H and O–H groups in total. The topological polar surface area (TPSA) is 89.2 Å². The van der Waals surface area contributed by atoms with Crippen LogP contribution in [0.25, 0.3) is 0 Å². The first-order chi connectivity index (χ1) is 7.09. The van der Waals surface area contributed by atoms with Crippen molar-refractivity contribution in [3.63, 3.8) is 0 Å². The molecule has 0 aliphatic carbocycles. The largest absolute Gasteiger partial charge is 0.393 e. The maximum absolute atomic E-state index is 9.53. The molecule has 0 radical (unpaired) electrons. The summed E-state index contributed by atoms with van der Waals surface area (Å²) in [6, 6.07) is 3.58. The molecule has 5 nitrogen and oxygen atoms in total. The van der Waals surface area contributed by atoms with Crippen molar-refractivity contribution < 1.29 is 10.2 Å². The van der Waals surface area contributed by atoms with E-state index in [9.17, 15) is 5.11 Å². The Bertz CT molecular complexity index is 371. The number of hydrogen-bond acceptors (Lipinski definition) is 5. The molecule has 0 aliphatic rings. The summed E-state index contributed by atoms with van der Waals surface area (Å²) in [4.78, 5) is 3.86. The number of nitrogens with zero attached hydrogens (tertiary/aromatic N) is 2. The summed E-state index contributed by atoms with van der Waals surface area (Å²) < 4.78 is 0. The zero-order chi connectivity index (χ0) is 11.3. The number of aliphatic hydroxyl groups excluding tert-OH is 1. The predicted molar refractivity (Wildman–Crippen MR) is 55.2 cm³/mol. The highest BCUT2D eigenvalue weighted by atomic mass is 16.3. The van der Waals surface area contributed by atoms with E-state index < -0.39 is 5.60 Å². The lowest BCUT2D eigenvalue weighted by Gasteiger charge is -2.21. The van der Waals surface area contributed by atoms with Crippen molar-refractivity contribution in [2.45, 2.75) is 12.5 Å². The van der Waals surface area contributed by atoms with Gasteiger partial charge in [0.1, 0.15) is 11.7 Å². The second-order valence-corrected chi connectivity index (χ2v) is 3.54. The van der Waals surface area contributed by atoms with Crippen molar-refractivity contribution in [1.29, 1.82) is 5.26 Å². The van der Waals surface area contributed by atoms with Gasteiger partial charge in [0.15, 0.2) is 0 Å². The van der Waals surface area contributed by atoms with Crippen molar-refractivity contribution in [2.24, 2.45) is 0 Å². The van der Waals surface area contributed by atoms with E-state index in [0.29, 0.717) is 11.3 Å². The van der Waals surface area contributed by atoms with Crippen LogP contribution in [0.15, 0.2) is 18.5 Å². The van der Waals surface area contributed by atoms with Gasteiger partial charge in [0.25, 0.3) is 0 Å². The van der Waals surface area contributed by atoms with E-state index in [4.69, 9.17) is 10.4 Å². The van der Waals surface area contributed by atoms with Crippen LogP contribution in [-0.2, 0) is 0 Å². The van der Waals surface area contributed by atoms with Crippen molar-refractivity contribution in [3.05, 3.63) is 24.0 Å². The summed E-state index contributed by atoms with van der Waals surface area (Å²) in [6.07, 6.45) is 3.03. The van der Waals surface area contributed by atoms with Crippen LogP contribution in [-0.4, -0.2) is 33.9 Å². The Balaban J connectivity index is 2.70. The summed E-state index contributed by atoms with van der Waals surface area (Å²) in [5, 5.41) is 30.0. The molecule has 1 aromatic heterocycles. The minimum absolute atomic E-state index is 0.157. The lowest BCUT2D eigenvalue weighted by molar-refractivity contribution is 0.0132. The standard InChI is InChI=1S/C10H13N3O2/c1-10(15,7-14)6-13-9-5-12-3-2-8(9)4-11/h2-3,5,13-15H,6-7H2,1H3. The summed E-state index contributed by atoms with van der Waals surface area (Å²) in [5.74, 6) is 0. The predicted octanol–water partition coefficient (Wildman–Crippen LogP) is 0.108. The number of nitrogens with one attached hydrogen (secondary N) is 1. The Morgan fingerprint density at radius 1 is 1.67 bits per heavy atom. The first kappa shape index (κ1) is 11.4. The van der Waals surface area contributed by atoms with Gasteiger partial charge in [0.05, 0.1) is 24.1 Å². The monoisotopic (exact) mass is 207 g/mol. The molecule has 1 aromatic rings. The van der Waals surface area contributed by atoms with Crippen LogP contribution in [0.1, 0.15) is 12.5 Å². The van der Waals surface area contributed by atoms with E-state index in [0.717, 1.165) is 0 Å². The number of nitriles is 1. The van der Waals surface area contributed by atoms with E-state index in [1.54, 1.807) is 6.07 Å². The SMILES string of the molecule is CC(O)(CO)CNc1cnccc1C#N. The highest BCUT2D eigenvalue weighted by Gasteiger charge is 2.18. The first-order valence-electron chi connectivity index (χ1n) is 4.50. The van der Waals surface area contributed by atoms with Crippen LogP contribution in [0.2, 0.25) is 0 Å². The third kappa shape index (κ3) is 3.20. The normalized spacial score (nSPS) is 14.0. The second kappa shape index (κ2) is 4.73. The molecule has 0 aromatic carbocycles. The van der Waals surface area contributed by atoms with Crippen LogP contribution in [0.4, 0.5) is 5.69 Å². The van der Waals surface area contributed by atoms with Gasteiger partial charge in [-0.05, 0) is 13.0 Å². The van der Waals surface area contributed by atoms with Crippen molar-refractivity contribution in [1.82, 2.24) is 4.98 Å². The van der Waals surface area contributed by atoms with Gasteiger partial charge in [-0.15, -0.1) is 0 Å². The summed E-state index contributed by atoms with van der Waals surface area (Å²) in [5.41, 5.74) is -0.199. The molecule has 0 saturated carbocycles. The van der Waals surface area contributed by atoms with Gasteiger partial charge in [-0.2, -0.15) is 5.26 Å². The summed E-state index contributed by atoms with van der Waals surface area (Å²) >= 11 is 0. The Kier molecular flexibility index (Phi) is 3.61. The zero-order valence-corrected chi connectivity index (χ0v) is 8.44. The number of rotatable bonds is 4. The van der Waals surface area contributed by atoms with Crippen LogP contribution < -0.4 is 5.32 Å². The molecule has 1 atom stereocenters. The fraction of sp³-hybridized carbons (Fsp3) is 0.400. The molecule has 0 aliphatic heterocycles. The van der Waals surface area contributed by atoms with Gasteiger partial charge in [0, 0.05) is 12.7 Å². The number of pyridine rings is 1. The molecular formula is C10H13N3O2. The second-order valence-electron chi connectivity index (χ2n) is 3.54. The van der Waals surface area contributed by atoms with Crippen molar-refractivity contribution in [3.8, 4) is 6.07 Å². The molecule has 0 saturated heterocycles. The van der Waals surface area contributed by atoms with E-state index >= 15 is 0 Å². The van der Waals surface area contributed by atoms with Gasteiger partial charge < -0.3 is 15.5 Å². The molecule has 1 unspecified atom stereocenters. The molecule has 0 bridgehead atoms. The van der Waals surface area contributed by atoms with Gasteiger partial charge in [0.2, 0.25) is 0 Å². The minimum Gasteiger partial charge on any atom is -0.393 e. The van der Waals surface area contributed by atoms with E-state index in [-0.39, 0.29) is 13.2 Å². The molecule has 0 fully saturated rings. The minimum atomic E-state index is -1.21. The first-order valence-corrected chi connectivity index (χ1v) is 4.50. The quantitative estimate of drug-likeness (QED) is 0.652. The fourth-order valence-electron chi connectivity index (χ4n) is 0.974. The maximum atomic E-state index is 9.53. The number of aliphatic hydroxyl groups is 2. The highest BCUT2D eigenvalue weighted by Crippen LogP contribution is 2.13. The van der Waals surface area contributed by atoms with E-state index in [1.807, 2.05) is 6.07 Å². The lowest BCUT2D eigenvalue weighted by Crippen LogP contribution is -2.37. The molecule has 1 rings (SSSR count). The molecular weight excluding hydrogens is 194 g/mol. The third-order valence-corrected chi connectivity index (χ3v) is 1.94. The molecule has 0 spiro atoms. The lowest BCUT2D eigenvalue weighted by atomic mass is 10.1. The summed E-state index contributed by atoms with van der Waals surface area (Å²) in [6.45, 7) is 1.31. The molecule has 5 heteroatoms. The average Bonchev–Trinajstić information content (AvgIpc) is 2.27. The Labute approximate surface area is 88.0 Å². The summed E-state index contributed by atoms with van der Waals surface area (Å²) in [7, 11) is 0. The Hall–Kier alpha value is -1.64. The van der Waals surface area contributed by atoms with Crippen LogP contribution in [0, 0.1) is 11.3 Å². The van der Waals surface area contributed by atoms with Crippen LogP contribution in [0.5, 0.6) is 0 Å². The smallest absolute Gasteiger partial charge is 0.102 e. The van der Waals surface area contributed by atoms with Gasteiger partial charge in [-0.25, -0.2) is 0 Å². The molecule has 15 heavy (non-hydrogen) atoms. The molecule has 0 amide bonds. The Morgan fingerprint density at radius 2 is 2.40 bits per heavy atom. The van der Waals surface area contributed by atoms with Crippen LogP contribution in [0.3, 0.4) is 0 Å². The zero-order valence-electron chi connectivity index (χ0n) is 8.44. The maximum Gasteiger partial charge on any atom is 0.102 e. The number of aromatic nitrogens is 1.